The number of carbonyl (C=O) groups is 1. The zero-order valence-corrected chi connectivity index (χ0v) is 18.9. The molecular formula is C26H30N2O5. The molecule has 1 saturated heterocycles. The van der Waals surface area contributed by atoms with Crippen molar-refractivity contribution >= 4 is 22.9 Å². The number of fused-ring (bicyclic) bond motifs is 1. The van der Waals surface area contributed by atoms with E-state index in [0.29, 0.717) is 38.0 Å². The predicted octanol–water partition coefficient (Wildman–Crippen LogP) is 4.26. The average molecular weight is 451 g/mol. The first-order chi connectivity index (χ1) is 16.0. The van der Waals surface area contributed by atoms with E-state index in [9.17, 15) is 14.7 Å². The second-order valence-electron chi connectivity index (χ2n) is 8.66. The lowest BCUT2D eigenvalue weighted by Crippen LogP contribution is -2.44. The number of methoxy groups -OCH3 is 1. The molecule has 7 heteroatoms. The number of rotatable bonds is 9. The summed E-state index contributed by atoms with van der Waals surface area (Å²) in [5, 5.41) is 11.0. The van der Waals surface area contributed by atoms with E-state index in [1.165, 1.54) is 0 Å². The molecule has 1 aliphatic rings. The topological polar surface area (TPSA) is 84.9 Å². The summed E-state index contributed by atoms with van der Waals surface area (Å²) in [5.74, 6) is 0.769. The molecule has 4 rings (SSSR count). The van der Waals surface area contributed by atoms with E-state index in [1.54, 1.807) is 24.0 Å². The highest BCUT2D eigenvalue weighted by atomic mass is 16.5. The van der Waals surface area contributed by atoms with Gasteiger partial charge in [-0.3, -0.25) is 14.5 Å². The van der Waals surface area contributed by atoms with Crippen LogP contribution < -0.4 is 10.3 Å². The fourth-order valence-electron chi connectivity index (χ4n) is 4.64. The van der Waals surface area contributed by atoms with Crippen LogP contribution in [0, 0.1) is 5.41 Å². The highest BCUT2D eigenvalue weighted by Crippen LogP contribution is 2.37. The third-order valence-electron chi connectivity index (χ3n) is 6.69. The first-order valence-corrected chi connectivity index (χ1v) is 11.3. The van der Waals surface area contributed by atoms with Gasteiger partial charge in [-0.15, -0.1) is 0 Å². The van der Waals surface area contributed by atoms with Gasteiger partial charge in [0.1, 0.15) is 11.5 Å². The number of carboxylic acids is 1. The molecule has 3 aromatic rings. The van der Waals surface area contributed by atoms with Crippen molar-refractivity contribution in [2.75, 3.05) is 26.7 Å². The van der Waals surface area contributed by atoms with Crippen molar-refractivity contribution < 1.29 is 19.1 Å². The van der Waals surface area contributed by atoms with Crippen LogP contribution in [0.3, 0.4) is 0 Å². The molecule has 0 aliphatic carbocycles. The Morgan fingerprint density at radius 2 is 2.00 bits per heavy atom. The number of nitrogens with zero attached hydrogens (tertiary/aromatic N) is 2. The van der Waals surface area contributed by atoms with Crippen LogP contribution in [0.5, 0.6) is 5.75 Å². The van der Waals surface area contributed by atoms with Crippen LogP contribution in [0.15, 0.2) is 64.0 Å². The number of aromatic nitrogens is 1. The molecule has 0 radical (unpaired) electrons. The predicted molar refractivity (Wildman–Crippen MR) is 127 cm³/mol. The standard InChI is InChI=1S/C26H30N2O5/c1-32-22-9-7-20-8-10-24(29)28(23(20)19-22)15-4-11-26(25(30)31)12-16-27(17-13-26)14-2-5-21-6-3-18-33-21/h2-3,5-10,18-19H,4,11-17H2,1H3,(H,30,31). The van der Waals surface area contributed by atoms with Gasteiger partial charge >= 0.3 is 5.97 Å². The fourth-order valence-corrected chi connectivity index (χ4v) is 4.64. The smallest absolute Gasteiger partial charge is 0.309 e. The molecule has 0 amide bonds. The molecule has 0 bridgehead atoms. The number of likely N-dealkylation sites (tertiary alicyclic amines) is 1. The molecule has 0 unspecified atom stereocenters. The largest absolute Gasteiger partial charge is 0.497 e. The van der Waals surface area contributed by atoms with E-state index in [2.05, 4.69) is 4.90 Å². The molecule has 0 atom stereocenters. The Labute approximate surface area is 192 Å². The number of pyridine rings is 1. The summed E-state index contributed by atoms with van der Waals surface area (Å²) in [6.07, 6.45) is 8.02. The maximum absolute atomic E-state index is 12.5. The minimum atomic E-state index is -0.743. The van der Waals surface area contributed by atoms with Crippen molar-refractivity contribution in [2.45, 2.75) is 32.2 Å². The highest BCUT2D eigenvalue weighted by Gasteiger charge is 2.40. The van der Waals surface area contributed by atoms with E-state index < -0.39 is 11.4 Å². The molecule has 33 heavy (non-hydrogen) atoms. The quantitative estimate of drug-likeness (QED) is 0.524. The molecule has 2 aromatic heterocycles. The lowest BCUT2D eigenvalue weighted by molar-refractivity contribution is -0.152. The SMILES string of the molecule is COc1ccc2ccc(=O)n(CCCC3(C(=O)O)CCN(CC=Cc4ccco4)CC3)c2c1. The third kappa shape index (κ3) is 5.20. The summed E-state index contributed by atoms with van der Waals surface area (Å²) in [6.45, 7) is 2.72. The zero-order chi connectivity index (χ0) is 23.3. The summed E-state index contributed by atoms with van der Waals surface area (Å²) in [5.41, 5.74) is -0.0182. The molecular weight excluding hydrogens is 420 g/mol. The van der Waals surface area contributed by atoms with E-state index >= 15 is 0 Å². The number of hydrogen-bond acceptors (Lipinski definition) is 5. The van der Waals surface area contributed by atoms with Crippen LogP contribution >= 0.6 is 0 Å². The van der Waals surface area contributed by atoms with Gasteiger partial charge in [0.05, 0.1) is 24.3 Å². The second-order valence-corrected chi connectivity index (χ2v) is 8.66. The molecule has 1 aromatic carbocycles. The second kappa shape index (κ2) is 10.1. The van der Waals surface area contributed by atoms with Gasteiger partial charge < -0.3 is 18.8 Å². The molecule has 174 valence electrons. The van der Waals surface area contributed by atoms with Crippen LogP contribution in [0.4, 0.5) is 0 Å². The van der Waals surface area contributed by atoms with E-state index in [-0.39, 0.29) is 5.56 Å². The Kier molecular flexibility index (Phi) is 6.99. The number of ether oxygens (including phenoxy) is 1. The lowest BCUT2D eigenvalue weighted by atomic mass is 9.75. The number of carboxylic acid groups (broad SMARTS) is 1. The minimum absolute atomic E-state index is 0.0849. The van der Waals surface area contributed by atoms with Gasteiger partial charge in [-0.25, -0.2) is 0 Å². The fraction of sp³-hybridized carbons (Fsp3) is 0.385. The van der Waals surface area contributed by atoms with Gasteiger partial charge in [-0.2, -0.15) is 0 Å². The Morgan fingerprint density at radius 3 is 2.70 bits per heavy atom. The Hall–Kier alpha value is -3.32. The maximum Gasteiger partial charge on any atom is 0.309 e. The molecule has 1 N–H and O–H groups in total. The van der Waals surface area contributed by atoms with E-state index in [4.69, 9.17) is 9.15 Å². The van der Waals surface area contributed by atoms with Gasteiger partial charge in [-0.1, -0.05) is 6.08 Å². The molecule has 1 aliphatic heterocycles. The third-order valence-corrected chi connectivity index (χ3v) is 6.69. The van der Waals surface area contributed by atoms with Gasteiger partial charge in [-0.05, 0) is 80.6 Å². The zero-order valence-electron chi connectivity index (χ0n) is 18.9. The summed E-state index contributed by atoms with van der Waals surface area (Å²) < 4.78 is 12.3. The summed E-state index contributed by atoms with van der Waals surface area (Å²) in [6, 6.07) is 12.8. The van der Waals surface area contributed by atoms with Crippen molar-refractivity contribution in [1.29, 1.82) is 0 Å². The van der Waals surface area contributed by atoms with Crippen molar-refractivity contribution in [3.63, 3.8) is 0 Å². The number of aryl methyl sites for hydroxylation is 1. The Morgan fingerprint density at radius 1 is 1.21 bits per heavy atom. The number of benzene rings is 1. The number of hydrogen-bond donors (Lipinski definition) is 1. The monoisotopic (exact) mass is 450 g/mol. The molecule has 7 nitrogen and oxygen atoms in total. The summed E-state index contributed by atoms with van der Waals surface area (Å²) >= 11 is 0. The maximum atomic E-state index is 12.5. The van der Waals surface area contributed by atoms with Crippen molar-refractivity contribution in [2.24, 2.45) is 5.41 Å². The van der Waals surface area contributed by atoms with Gasteiger partial charge in [0.2, 0.25) is 0 Å². The van der Waals surface area contributed by atoms with E-state index in [0.717, 1.165) is 36.3 Å². The van der Waals surface area contributed by atoms with Gasteiger partial charge in [0.25, 0.3) is 5.56 Å². The number of aliphatic carboxylic acids is 1. The minimum Gasteiger partial charge on any atom is -0.497 e. The normalized spacial score (nSPS) is 16.4. The highest BCUT2D eigenvalue weighted by molar-refractivity contribution is 5.80. The molecule has 0 spiro atoms. The molecule has 1 fully saturated rings. The number of piperidine rings is 1. The van der Waals surface area contributed by atoms with Crippen LogP contribution in [0.2, 0.25) is 0 Å². The van der Waals surface area contributed by atoms with E-state index in [1.807, 2.05) is 48.6 Å². The van der Waals surface area contributed by atoms with Gasteiger partial charge in [0, 0.05) is 25.2 Å². The first kappa shape index (κ1) is 22.9. The molecule has 0 saturated carbocycles. The van der Waals surface area contributed by atoms with Crippen LogP contribution in [0.25, 0.3) is 17.0 Å². The average Bonchev–Trinajstić information content (AvgIpc) is 3.34. The van der Waals surface area contributed by atoms with Crippen molar-refractivity contribution in [1.82, 2.24) is 9.47 Å². The summed E-state index contributed by atoms with van der Waals surface area (Å²) in [7, 11) is 1.60. The summed E-state index contributed by atoms with van der Waals surface area (Å²) in [4.78, 5) is 27.0. The van der Waals surface area contributed by atoms with Crippen LogP contribution in [-0.2, 0) is 11.3 Å². The van der Waals surface area contributed by atoms with Crippen molar-refractivity contribution in [3.8, 4) is 5.75 Å². The van der Waals surface area contributed by atoms with Gasteiger partial charge in [0.15, 0.2) is 0 Å². The van der Waals surface area contributed by atoms with Crippen molar-refractivity contribution in [3.05, 3.63) is 70.9 Å². The Balaban J connectivity index is 1.38. The molecule has 3 heterocycles. The van der Waals surface area contributed by atoms with Crippen LogP contribution in [-0.4, -0.2) is 47.3 Å². The number of furan rings is 1. The Bertz CT molecular complexity index is 1170. The lowest BCUT2D eigenvalue weighted by Gasteiger charge is -2.38. The first-order valence-electron chi connectivity index (χ1n) is 11.3. The van der Waals surface area contributed by atoms with Crippen LogP contribution in [0.1, 0.15) is 31.4 Å².